The number of amides is 2. The van der Waals surface area contributed by atoms with Crippen LogP contribution in [-0.2, 0) is 15.8 Å². The zero-order valence-corrected chi connectivity index (χ0v) is 15.0. The van der Waals surface area contributed by atoms with Gasteiger partial charge in [-0.05, 0) is 45.0 Å². The number of para-hydroxylation sites is 1. The van der Waals surface area contributed by atoms with Crippen LogP contribution < -0.4 is 5.32 Å². The molecule has 5 nitrogen and oxygen atoms in total. The molecule has 1 aliphatic heterocycles. The van der Waals surface area contributed by atoms with Gasteiger partial charge in [0.1, 0.15) is 0 Å². The predicted molar refractivity (Wildman–Crippen MR) is 92.6 cm³/mol. The number of nitrogens with zero attached hydrogens (tertiary/aromatic N) is 2. The molecular weight excluding hydrogens is 347 g/mol. The average molecular weight is 371 g/mol. The van der Waals surface area contributed by atoms with Crippen molar-refractivity contribution in [3.63, 3.8) is 0 Å². The topological polar surface area (TPSA) is 52.7 Å². The number of carbonyl (C=O) groups is 2. The van der Waals surface area contributed by atoms with Crippen LogP contribution in [-0.4, -0.2) is 54.3 Å². The number of halogens is 3. The van der Waals surface area contributed by atoms with Gasteiger partial charge in [-0.2, -0.15) is 13.2 Å². The lowest BCUT2D eigenvalue weighted by Gasteiger charge is -2.33. The minimum atomic E-state index is -4.56. The van der Waals surface area contributed by atoms with Gasteiger partial charge in [-0.25, -0.2) is 0 Å². The predicted octanol–water partition coefficient (Wildman–Crippen LogP) is 2.98. The highest BCUT2D eigenvalue weighted by Crippen LogP contribution is 2.34. The number of piperidine rings is 1. The molecule has 0 saturated carbocycles. The van der Waals surface area contributed by atoms with Gasteiger partial charge in [0.25, 0.3) is 0 Å². The minimum absolute atomic E-state index is 0.217. The van der Waals surface area contributed by atoms with Crippen LogP contribution in [0.15, 0.2) is 24.3 Å². The second-order valence-corrected chi connectivity index (χ2v) is 6.56. The Morgan fingerprint density at radius 2 is 1.81 bits per heavy atom. The van der Waals surface area contributed by atoms with Gasteiger partial charge in [0.2, 0.25) is 11.8 Å². The lowest BCUT2D eigenvalue weighted by molar-refractivity contribution is -0.138. The number of rotatable bonds is 5. The maximum Gasteiger partial charge on any atom is 0.418 e. The number of alkyl halides is 3. The lowest BCUT2D eigenvalue weighted by Crippen LogP contribution is -2.49. The maximum absolute atomic E-state index is 13.0. The van der Waals surface area contributed by atoms with Crippen molar-refractivity contribution in [1.82, 2.24) is 9.80 Å². The zero-order chi connectivity index (χ0) is 19.3. The van der Waals surface area contributed by atoms with E-state index in [1.54, 1.807) is 6.92 Å². The molecule has 26 heavy (non-hydrogen) atoms. The summed E-state index contributed by atoms with van der Waals surface area (Å²) >= 11 is 0. The first-order valence-corrected chi connectivity index (χ1v) is 8.65. The number of likely N-dealkylation sites (N-methyl/N-ethyl adjacent to an activating group) is 1. The van der Waals surface area contributed by atoms with Crippen LogP contribution in [0.2, 0.25) is 0 Å². The normalized spacial score (nSPS) is 16.8. The van der Waals surface area contributed by atoms with Crippen molar-refractivity contribution in [3.05, 3.63) is 29.8 Å². The van der Waals surface area contributed by atoms with E-state index in [4.69, 9.17) is 0 Å². The molecule has 0 spiro atoms. The Labute approximate surface area is 151 Å². The number of benzene rings is 1. The van der Waals surface area contributed by atoms with Crippen LogP contribution in [0, 0.1) is 0 Å². The third-order valence-corrected chi connectivity index (χ3v) is 4.56. The van der Waals surface area contributed by atoms with E-state index in [1.807, 2.05) is 0 Å². The smallest absolute Gasteiger partial charge is 0.335 e. The molecule has 2 rings (SSSR count). The second-order valence-electron chi connectivity index (χ2n) is 6.56. The summed E-state index contributed by atoms with van der Waals surface area (Å²) in [6, 6.07) is 4.42. The average Bonchev–Trinajstić information content (AvgIpc) is 2.60. The van der Waals surface area contributed by atoms with Crippen LogP contribution in [0.1, 0.15) is 31.7 Å². The van der Waals surface area contributed by atoms with Crippen LogP contribution in [0.25, 0.3) is 0 Å². The molecule has 1 aliphatic rings. The first-order chi connectivity index (χ1) is 12.2. The van der Waals surface area contributed by atoms with Crippen molar-refractivity contribution in [3.8, 4) is 0 Å². The van der Waals surface area contributed by atoms with Crippen molar-refractivity contribution in [2.24, 2.45) is 0 Å². The van der Waals surface area contributed by atoms with Crippen molar-refractivity contribution in [2.45, 2.75) is 38.4 Å². The van der Waals surface area contributed by atoms with E-state index >= 15 is 0 Å². The van der Waals surface area contributed by atoms with Gasteiger partial charge < -0.3 is 10.2 Å². The molecule has 8 heteroatoms. The highest BCUT2D eigenvalue weighted by atomic mass is 19.4. The number of hydrogen-bond donors (Lipinski definition) is 1. The first kappa shape index (κ1) is 20.2. The van der Waals surface area contributed by atoms with Crippen LogP contribution in [0.4, 0.5) is 18.9 Å². The number of hydrogen-bond acceptors (Lipinski definition) is 3. The van der Waals surface area contributed by atoms with E-state index in [2.05, 4.69) is 10.2 Å². The molecule has 1 aromatic carbocycles. The van der Waals surface area contributed by atoms with E-state index in [0.717, 1.165) is 38.4 Å². The Balaban J connectivity index is 1.96. The van der Waals surface area contributed by atoms with Gasteiger partial charge in [0.05, 0.1) is 23.8 Å². The maximum atomic E-state index is 13.0. The standard InChI is InChI=1S/C18H24F3N3O2/c1-13(24-10-6-3-7-11-24)17(26)23(2)12-16(25)22-15-9-5-4-8-14(15)18(19,20)21/h4-5,8-9,13H,3,6-7,10-12H2,1-2H3,(H,22,25)/t13-/m0/s1. The van der Waals surface area contributed by atoms with Crippen molar-refractivity contribution in [1.29, 1.82) is 0 Å². The number of anilines is 1. The monoisotopic (exact) mass is 371 g/mol. The summed E-state index contributed by atoms with van der Waals surface area (Å²) in [4.78, 5) is 27.9. The Morgan fingerprint density at radius 3 is 2.42 bits per heavy atom. The van der Waals surface area contributed by atoms with Crippen LogP contribution in [0.3, 0.4) is 0 Å². The Kier molecular flexibility index (Phi) is 6.63. The zero-order valence-electron chi connectivity index (χ0n) is 15.0. The molecule has 1 N–H and O–H groups in total. The summed E-state index contributed by atoms with van der Waals surface area (Å²) in [6.07, 6.45) is -1.34. The summed E-state index contributed by atoms with van der Waals surface area (Å²) in [6.45, 7) is 3.17. The fourth-order valence-corrected chi connectivity index (χ4v) is 3.10. The molecule has 0 radical (unpaired) electrons. The van der Waals surface area contributed by atoms with E-state index in [0.29, 0.717) is 0 Å². The molecule has 1 aromatic rings. The molecule has 0 aliphatic carbocycles. The Hall–Kier alpha value is -2.09. The van der Waals surface area contributed by atoms with Gasteiger partial charge >= 0.3 is 6.18 Å². The summed E-state index contributed by atoms with van der Waals surface area (Å²) in [7, 11) is 1.48. The lowest BCUT2D eigenvalue weighted by atomic mass is 10.1. The molecule has 1 atom stereocenters. The highest BCUT2D eigenvalue weighted by molar-refractivity contribution is 5.95. The fraction of sp³-hybridized carbons (Fsp3) is 0.556. The van der Waals surface area contributed by atoms with E-state index in [9.17, 15) is 22.8 Å². The van der Waals surface area contributed by atoms with E-state index in [-0.39, 0.29) is 24.2 Å². The summed E-state index contributed by atoms with van der Waals surface area (Å²) in [5.74, 6) is -0.880. The molecule has 1 fully saturated rings. The van der Waals surface area contributed by atoms with Gasteiger partial charge in [0.15, 0.2) is 0 Å². The molecule has 0 unspecified atom stereocenters. The van der Waals surface area contributed by atoms with Crippen molar-refractivity contribution >= 4 is 17.5 Å². The number of nitrogens with one attached hydrogen (secondary N) is 1. The number of likely N-dealkylation sites (tertiary alicyclic amines) is 1. The third-order valence-electron chi connectivity index (χ3n) is 4.56. The quantitative estimate of drug-likeness (QED) is 0.866. The van der Waals surface area contributed by atoms with Gasteiger partial charge in [0, 0.05) is 7.05 Å². The van der Waals surface area contributed by atoms with E-state index in [1.165, 1.54) is 30.1 Å². The minimum Gasteiger partial charge on any atom is -0.335 e. The summed E-state index contributed by atoms with van der Waals surface area (Å²) in [5, 5.41) is 2.25. The molecule has 0 bridgehead atoms. The van der Waals surface area contributed by atoms with Crippen molar-refractivity contribution < 1.29 is 22.8 Å². The fourth-order valence-electron chi connectivity index (χ4n) is 3.10. The van der Waals surface area contributed by atoms with Crippen LogP contribution >= 0.6 is 0 Å². The third kappa shape index (κ3) is 5.20. The van der Waals surface area contributed by atoms with Gasteiger partial charge in [-0.1, -0.05) is 18.6 Å². The molecule has 1 heterocycles. The number of carbonyl (C=O) groups excluding carboxylic acids is 2. The molecule has 1 saturated heterocycles. The SMILES string of the molecule is C[C@@H](C(=O)N(C)CC(=O)Nc1ccccc1C(F)(F)F)N1CCCCC1. The first-order valence-electron chi connectivity index (χ1n) is 8.65. The molecule has 144 valence electrons. The highest BCUT2D eigenvalue weighted by Gasteiger charge is 2.34. The van der Waals surface area contributed by atoms with Gasteiger partial charge in [-0.15, -0.1) is 0 Å². The largest absolute Gasteiger partial charge is 0.418 e. The summed E-state index contributed by atoms with van der Waals surface area (Å²) in [5.41, 5.74) is -1.22. The Bertz CT molecular complexity index is 643. The Morgan fingerprint density at radius 1 is 1.19 bits per heavy atom. The van der Waals surface area contributed by atoms with Crippen molar-refractivity contribution in [2.75, 3.05) is 32.0 Å². The molecular formula is C18H24F3N3O2. The van der Waals surface area contributed by atoms with E-state index < -0.39 is 17.6 Å². The summed E-state index contributed by atoms with van der Waals surface area (Å²) < 4.78 is 38.9. The van der Waals surface area contributed by atoms with Gasteiger partial charge in [-0.3, -0.25) is 14.5 Å². The molecule has 0 aromatic heterocycles. The molecule has 2 amide bonds. The van der Waals surface area contributed by atoms with Crippen LogP contribution in [0.5, 0.6) is 0 Å². The second kappa shape index (κ2) is 8.53.